The van der Waals surface area contributed by atoms with Crippen molar-refractivity contribution in [1.82, 2.24) is 4.98 Å². The Balaban J connectivity index is 1.37. The second-order valence-corrected chi connectivity index (χ2v) is 8.23. The lowest BCUT2D eigenvalue weighted by Gasteiger charge is -2.27. The van der Waals surface area contributed by atoms with E-state index in [4.69, 9.17) is 4.74 Å². The van der Waals surface area contributed by atoms with E-state index in [1.807, 2.05) is 30.3 Å². The SMILES string of the molecule is O=C(COc1cccc2cccnc12)Nc1c(N2CCCC2)cccc1N1CCCC1. The molecule has 1 aromatic heterocycles. The molecule has 2 fully saturated rings. The lowest BCUT2D eigenvalue weighted by atomic mass is 10.2. The maximum Gasteiger partial charge on any atom is 0.262 e. The molecule has 2 aliphatic rings. The predicted molar refractivity (Wildman–Crippen MR) is 125 cm³/mol. The van der Waals surface area contributed by atoms with Gasteiger partial charge in [0.1, 0.15) is 11.3 Å². The van der Waals surface area contributed by atoms with Crippen LogP contribution in [0.3, 0.4) is 0 Å². The summed E-state index contributed by atoms with van der Waals surface area (Å²) >= 11 is 0. The van der Waals surface area contributed by atoms with Crippen molar-refractivity contribution in [1.29, 1.82) is 0 Å². The van der Waals surface area contributed by atoms with E-state index in [1.54, 1.807) is 6.20 Å². The van der Waals surface area contributed by atoms with E-state index >= 15 is 0 Å². The molecular formula is C25H28N4O2. The molecule has 5 rings (SSSR count). The first-order valence-corrected chi connectivity index (χ1v) is 11.2. The zero-order chi connectivity index (χ0) is 21.0. The summed E-state index contributed by atoms with van der Waals surface area (Å²) in [6.07, 6.45) is 6.51. The third-order valence-electron chi connectivity index (χ3n) is 6.13. The van der Waals surface area contributed by atoms with Gasteiger partial charge in [0, 0.05) is 37.8 Å². The average molecular weight is 417 g/mol. The Hall–Kier alpha value is -3.28. The topological polar surface area (TPSA) is 57.7 Å². The third kappa shape index (κ3) is 4.15. The molecule has 0 spiro atoms. The summed E-state index contributed by atoms with van der Waals surface area (Å²) in [5, 5.41) is 4.18. The van der Waals surface area contributed by atoms with Crippen LogP contribution in [0.2, 0.25) is 0 Å². The summed E-state index contributed by atoms with van der Waals surface area (Å²) in [4.78, 5) is 22.1. The van der Waals surface area contributed by atoms with E-state index in [9.17, 15) is 4.79 Å². The number of fused-ring (bicyclic) bond motifs is 1. The normalized spacial score (nSPS) is 16.1. The number of aromatic nitrogens is 1. The van der Waals surface area contributed by atoms with Crippen LogP contribution in [0.5, 0.6) is 5.75 Å². The largest absolute Gasteiger partial charge is 0.481 e. The molecule has 1 N–H and O–H groups in total. The number of carbonyl (C=O) groups excluding carboxylic acids is 1. The van der Waals surface area contributed by atoms with Crippen molar-refractivity contribution in [2.24, 2.45) is 0 Å². The first-order chi connectivity index (χ1) is 15.3. The van der Waals surface area contributed by atoms with Crippen molar-refractivity contribution in [3.63, 3.8) is 0 Å². The second kappa shape index (κ2) is 8.84. The third-order valence-corrected chi connectivity index (χ3v) is 6.13. The van der Waals surface area contributed by atoms with E-state index in [0.717, 1.165) is 54.1 Å². The highest BCUT2D eigenvalue weighted by Gasteiger charge is 2.23. The molecule has 3 aromatic rings. The average Bonchev–Trinajstić information content (AvgIpc) is 3.52. The minimum atomic E-state index is -0.153. The van der Waals surface area contributed by atoms with Gasteiger partial charge in [-0.3, -0.25) is 9.78 Å². The number of nitrogens with one attached hydrogen (secondary N) is 1. The van der Waals surface area contributed by atoms with Gasteiger partial charge in [0.25, 0.3) is 5.91 Å². The molecule has 2 aromatic carbocycles. The van der Waals surface area contributed by atoms with Gasteiger partial charge in [0.15, 0.2) is 6.61 Å². The van der Waals surface area contributed by atoms with Crippen LogP contribution in [0.1, 0.15) is 25.7 Å². The molecule has 6 nitrogen and oxygen atoms in total. The number of hydrogen-bond donors (Lipinski definition) is 1. The fraction of sp³-hybridized carbons (Fsp3) is 0.360. The summed E-state index contributed by atoms with van der Waals surface area (Å²) in [5.41, 5.74) is 3.91. The summed E-state index contributed by atoms with van der Waals surface area (Å²) < 4.78 is 5.88. The highest BCUT2D eigenvalue weighted by atomic mass is 16.5. The number of amides is 1. The number of anilines is 3. The van der Waals surface area contributed by atoms with Gasteiger partial charge in [-0.1, -0.05) is 24.3 Å². The maximum absolute atomic E-state index is 13.0. The van der Waals surface area contributed by atoms with E-state index in [0.29, 0.717) is 5.75 Å². The Bertz CT molecular complexity index is 1030. The van der Waals surface area contributed by atoms with Crippen molar-refractivity contribution >= 4 is 33.9 Å². The van der Waals surface area contributed by atoms with Crippen molar-refractivity contribution in [3.8, 4) is 5.75 Å². The highest BCUT2D eigenvalue weighted by Crippen LogP contribution is 2.38. The Morgan fingerprint density at radius 2 is 1.48 bits per heavy atom. The first kappa shape index (κ1) is 19.7. The number of benzene rings is 2. The van der Waals surface area contributed by atoms with Gasteiger partial charge in [0.05, 0.1) is 17.1 Å². The van der Waals surface area contributed by atoms with Gasteiger partial charge in [-0.05, 0) is 49.9 Å². The summed E-state index contributed by atoms with van der Waals surface area (Å²) in [6, 6.07) is 16.0. The molecule has 0 unspecified atom stereocenters. The molecule has 0 atom stereocenters. The quantitative estimate of drug-likeness (QED) is 0.643. The predicted octanol–water partition coefficient (Wildman–Crippen LogP) is 4.45. The lowest BCUT2D eigenvalue weighted by molar-refractivity contribution is -0.118. The van der Waals surface area contributed by atoms with Gasteiger partial charge < -0.3 is 19.9 Å². The Labute approximate surface area is 182 Å². The van der Waals surface area contributed by atoms with E-state index in [-0.39, 0.29) is 12.5 Å². The van der Waals surface area contributed by atoms with Gasteiger partial charge in [0.2, 0.25) is 0 Å². The first-order valence-electron chi connectivity index (χ1n) is 11.2. The van der Waals surface area contributed by atoms with Gasteiger partial charge in [-0.2, -0.15) is 0 Å². The molecule has 3 heterocycles. The molecule has 2 saturated heterocycles. The number of nitrogens with zero attached hydrogens (tertiary/aromatic N) is 3. The Kier molecular flexibility index (Phi) is 5.61. The zero-order valence-electron chi connectivity index (χ0n) is 17.7. The van der Waals surface area contributed by atoms with Crippen LogP contribution in [-0.4, -0.2) is 43.7 Å². The molecule has 1 amide bonds. The van der Waals surface area contributed by atoms with E-state index < -0.39 is 0 Å². The van der Waals surface area contributed by atoms with Gasteiger partial charge in [-0.25, -0.2) is 0 Å². The molecule has 31 heavy (non-hydrogen) atoms. The number of rotatable bonds is 6. The molecule has 2 aliphatic heterocycles. The minimum Gasteiger partial charge on any atom is -0.481 e. The summed E-state index contributed by atoms with van der Waals surface area (Å²) in [6.45, 7) is 4.08. The summed E-state index contributed by atoms with van der Waals surface area (Å²) in [7, 11) is 0. The van der Waals surface area contributed by atoms with Crippen LogP contribution < -0.4 is 19.9 Å². The molecule has 160 valence electrons. The van der Waals surface area contributed by atoms with Crippen LogP contribution in [0.25, 0.3) is 10.9 Å². The van der Waals surface area contributed by atoms with Crippen LogP contribution >= 0.6 is 0 Å². The number of carbonyl (C=O) groups is 1. The number of ether oxygens (including phenoxy) is 1. The minimum absolute atomic E-state index is 0.0521. The standard InChI is InChI=1S/C25H28N4O2/c30-23(18-31-22-12-5-8-19-9-7-13-26-24(19)22)27-25-20(28-14-1-2-15-28)10-6-11-21(25)29-16-3-4-17-29/h5-13H,1-4,14-18H2,(H,27,30). The lowest BCUT2D eigenvalue weighted by Crippen LogP contribution is -2.27. The summed E-state index contributed by atoms with van der Waals surface area (Å²) in [5.74, 6) is 0.473. The van der Waals surface area contributed by atoms with Crippen LogP contribution in [0.4, 0.5) is 17.1 Å². The molecule has 0 saturated carbocycles. The molecule has 0 radical (unpaired) electrons. The fourth-order valence-electron chi connectivity index (χ4n) is 4.61. The van der Waals surface area contributed by atoms with Crippen LogP contribution in [-0.2, 0) is 4.79 Å². The van der Waals surface area contributed by atoms with Gasteiger partial charge >= 0.3 is 0 Å². The molecule has 0 bridgehead atoms. The highest BCUT2D eigenvalue weighted by molar-refractivity contribution is 6.00. The van der Waals surface area contributed by atoms with Gasteiger partial charge in [-0.15, -0.1) is 0 Å². The van der Waals surface area contributed by atoms with Crippen LogP contribution in [0, 0.1) is 0 Å². The number of hydrogen-bond acceptors (Lipinski definition) is 5. The van der Waals surface area contributed by atoms with Crippen molar-refractivity contribution in [2.75, 3.05) is 47.9 Å². The van der Waals surface area contributed by atoms with E-state index in [2.05, 4.69) is 38.3 Å². The van der Waals surface area contributed by atoms with Crippen molar-refractivity contribution in [2.45, 2.75) is 25.7 Å². The fourth-order valence-corrected chi connectivity index (χ4v) is 4.61. The Morgan fingerprint density at radius 1 is 0.871 bits per heavy atom. The number of pyridine rings is 1. The zero-order valence-corrected chi connectivity index (χ0v) is 17.7. The van der Waals surface area contributed by atoms with Crippen LogP contribution in [0.15, 0.2) is 54.7 Å². The van der Waals surface area contributed by atoms with E-state index in [1.165, 1.54) is 25.7 Å². The maximum atomic E-state index is 13.0. The molecular weight excluding hydrogens is 388 g/mol. The molecule has 6 heteroatoms. The Morgan fingerprint density at radius 3 is 2.16 bits per heavy atom. The monoisotopic (exact) mass is 416 g/mol. The van der Waals surface area contributed by atoms with Crippen molar-refractivity contribution in [3.05, 3.63) is 54.7 Å². The molecule has 0 aliphatic carbocycles. The number of para-hydroxylation sites is 2. The smallest absolute Gasteiger partial charge is 0.262 e. The van der Waals surface area contributed by atoms with Crippen molar-refractivity contribution < 1.29 is 9.53 Å². The second-order valence-electron chi connectivity index (χ2n) is 8.23.